The van der Waals surface area contributed by atoms with E-state index < -0.39 is 18.0 Å². The molecule has 0 N–H and O–H groups in total. The first-order valence-corrected chi connectivity index (χ1v) is 9.93. The maximum absolute atomic E-state index is 12.6. The number of hydrogen-bond donors (Lipinski definition) is 0. The van der Waals surface area contributed by atoms with Gasteiger partial charge < -0.3 is 9.57 Å². The molecule has 1 aromatic rings. The molecule has 1 aromatic carbocycles. The van der Waals surface area contributed by atoms with Gasteiger partial charge in [0, 0.05) is 17.9 Å². The van der Waals surface area contributed by atoms with E-state index in [-0.39, 0.29) is 5.41 Å². The van der Waals surface area contributed by atoms with Gasteiger partial charge in [-0.3, -0.25) is 4.79 Å². The highest BCUT2D eigenvalue weighted by Gasteiger charge is 2.52. The molecule has 4 aliphatic carbocycles. The van der Waals surface area contributed by atoms with Gasteiger partial charge in [0.2, 0.25) is 6.10 Å². The molecule has 1 unspecified atom stereocenters. The molecule has 27 heavy (non-hydrogen) atoms. The Balaban J connectivity index is 1.49. The number of esters is 1. The molecular formula is C22H27NO4. The minimum absolute atomic E-state index is 0.0959. The molecule has 0 amide bonds. The molecule has 4 aliphatic rings. The Hall–Kier alpha value is -2.17. The van der Waals surface area contributed by atoms with Crippen molar-refractivity contribution in [1.82, 2.24) is 0 Å². The van der Waals surface area contributed by atoms with Gasteiger partial charge in [-0.1, -0.05) is 35.5 Å². The zero-order valence-corrected chi connectivity index (χ0v) is 16.0. The quantitative estimate of drug-likeness (QED) is 0.333. The third-order valence-corrected chi connectivity index (χ3v) is 6.68. The molecule has 144 valence electrons. The average molecular weight is 369 g/mol. The third kappa shape index (κ3) is 3.64. The molecule has 4 bridgehead atoms. The lowest BCUT2D eigenvalue weighted by molar-refractivity contribution is -0.167. The molecule has 5 nitrogen and oxygen atoms in total. The molecule has 0 aromatic heterocycles. The molecule has 4 saturated carbocycles. The summed E-state index contributed by atoms with van der Waals surface area (Å²) in [6.07, 6.45) is 6.48. The Morgan fingerprint density at radius 1 is 1.00 bits per heavy atom. The number of carbonyl (C=O) groups is 2. The fourth-order valence-electron chi connectivity index (χ4n) is 5.86. The van der Waals surface area contributed by atoms with Crippen molar-refractivity contribution < 1.29 is 19.2 Å². The van der Waals surface area contributed by atoms with E-state index in [1.54, 1.807) is 24.3 Å². The van der Waals surface area contributed by atoms with Gasteiger partial charge >= 0.3 is 11.9 Å². The summed E-state index contributed by atoms with van der Waals surface area (Å²) in [4.78, 5) is 29.3. The zero-order valence-electron chi connectivity index (χ0n) is 16.0. The minimum Gasteiger partial charge on any atom is -0.445 e. The Bertz CT molecular complexity index is 720. The van der Waals surface area contributed by atoms with Gasteiger partial charge in [0.15, 0.2) is 0 Å². The first-order chi connectivity index (χ1) is 12.9. The molecular weight excluding hydrogens is 342 g/mol. The lowest BCUT2D eigenvalue weighted by atomic mass is 9.48. The largest absolute Gasteiger partial charge is 0.445 e. The van der Waals surface area contributed by atoms with E-state index in [0.29, 0.717) is 5.56 Å². The highest BCUT2D eigenvalue weighted by molar-refractivity contribution is 5.89. The van der Waals surface area contributed by atoms with E-state index >= 15 is 0 Å². The van der Waals surface area contributed by atoms with Gasteiger partial charge in [-0.2, -0.15) is 0 Å². The van der Waals surface area contributed by atoms with Crippen molar-refractivity contribution in [3.63, 3.8) is 0 Å². The van der Waals surface area contributed by atoms with Crippen molar-refractivity contribution in [3.8, 4) is 0 Å². The molecule has 0 radical (unpaired) electrons. The average Bonchev–Trinajstić information content (AvgIpc) is 2.63. The molecule has 0 heterocycles. The van der Waals surface area contributed by atoms with Crippen LogP contribution in [0.25, 0.3) is 0 Å². The number of benzene rings is 1. The van der Waals surface area contributed by atoms with Crippen LogP contribution in [0.2, 0.25) is 0 Å². The van der Waals surface area contributed by atoms with Gasteiger partial charge in [0.05, 0.1) is 5.71 Å². The van der Waals surface area contributed by atoms with Gasteiger partial charge in [0.1, 0.15) is 0 Å². The second-order valence-electron chi connectivity index (χ2n) is 8.69. The van der Waals surface area contributed by atoms with Gasteiger partial charge in [-0.05, 0) is 63.2 Å². The topological polar surface area (TPSA) is 65.0 Å². The smallest absolute Gasteiger partial charge is 0.379 e. The zero-order chi connectivity index (χ0) is 19.0. The van der Waals surface area contributed by atoms with Gasteiger partial charge in [-0.25, -0.2) is 4.79 Å². The molecule has 0 saturated heterocycles. The van der Waals surface area contributed by atoms with Crippen LogP contribution in [0.15, 0.2) is 35.5 Å². The minimum atomic E-state index is -1.09. The van der Waals surface area contributed by atoms with Crippen molar-refractivity contribution in [1.29, 1.82) is 0 Å². The lowest BCUT2D eigenvalue weighted by Gasteiger charge is -2.56. The second-order valence-corrected chi connectivity index (χ2v) is 8.69. The van der Waals surface area contributed by atoms with Gasteiger partial charge in [-0.15, -0.1) is 0 Å². The summed E-state index contributed by atoms with van der Waals surface area (Å²) in [7, 11) is 0. The van der Waals surface area contributed by atoms with Crippen LogP contribution in [-0.2, 0) is 19.2 Å². The fraction of sp³-hybridized carbons (Fsp3) is 0.591. The molecule has 0 spiro atoms. The summed E-state index contributed by atoms with van der Waals surface area (Å²) in [6.45, 7) is 3.27. The summed E-state index contributed by atoms with van der Waals surface area (Å²) < 4.78 is 5.20. The van der Waals surface area contributed by atoms with E-state index in [4.69, 9.17) is 9.57 Å². The van der Waals surface area contributed by atoms with Crippen LogP contribution < -0.4 is 0 Å². The Kier molecular flexibility index (Phi) is 4.79. The first-order valence-electron chi connectivity index (χ1n) is 9.93. The van der Waals surface area contributed by atoms with E-state index in [0.717, 1.165) is 23.5 Å². The summed E-state index contributed by atoms with van der Waals surface area (Å²) in [5.74, 6) is 1.23. The number of hydrogen-bond acceptors (Lipinski definition) is 5. The first kappa shape index (κ1) is 18.2. The summed E-state index contributed by atoms with van der Waals surface area (Å²) in [5, 5.41) is 4.24. The monoisotopic (exact) mass is 369 g/mol. The van der Waals surface area contributed by atoms with E-state index in [2.05, 4.69) is 5.16 Å². The number of nitrogens with zero attached hydrogens (tertiary/aromatic N) is 1. The maximum Gasteiger partial charge on any atom is 0.379 e. The third-order valence-electron chi connectivity index (χ3n) is 6.68. The Labute approximate surface area is 160 Å². The highest BCUT2D eigenvalue weighted by Crippen LogP contribution is 2.60. The van der Waals surface area contributed by atoms with Crippen LogP contribution in [0.1, 0.15) is 64.0 Å². The van der Waals surface area contributed by atoms with Crippen molar-refractivity contribution in [3.05, 3.63) is 35.9 Å². The van der Waals surface area contributed by atoms with Crippen LogP contribution in [0.5, 0.6) is 0 Å². The normalized spacial score (nSPS) is 32.8. The molecule has 0 aliphatic heterocycles. The van der Waals surface area contributed by atoms with Crippen molar-refractivity contribution in [2.24, 2.45) is 28.3 Å². The summed E-state index contributed by atoms with van der Waals surface area (Å²) in [6, 6.07) is 8.91. The predicted octanol–water partition coefficient (Wildman–Crippen LogP) is 4.43. The molecule has 5 heteroatoms. The van der Waals surface area contributed by atoms with Gasteiger partial charge in [0.25, 0.3) is 0 Å². The SMILES string of the molecule is CC(=O)OC(C(=O)O/N=C(\C)C12CC3CC(CC(C3)C1)C2)c1ccccc1. The van der Waals surface area contributed by atoms with E-state index in [9.17, 15) is 9.59 Å². The predicted molar refractivity (Wildman–Crippen MR) is 101 cm³/mol. The number of rotatable bonds is 5. The number of ether oxygens (including phenoxy) is 1. The lowest BCUT2D eigenvalue weighted by Crippen LogP contribution is -2.49. The standard InChI is InChI=1S/C22H27NO4/c1-14(22-11-16-8-17(12-22)10-18(9-16)13-22)23-27-21(25)20(26-15(2)24)19-6-4-3-5-7-19/h3-7,16-18,20H,8-13H2,1-2H3/b23-14+. The summed E-state index contributed by atoms with van der Waals surface area (Å²) >= 11 is 0. The van der Waals surface area contributed by atoms with E-state index in [1.807, 2.05) is 13.0 Å². The van der Waals surface area contributed by atoms with Crippen molar-refractivity contribution in [2.45, 2.75) is 58.5 Å². The summed E-state index contributed by atoms with van der Waals surface area (Å²) in [5.41, 5.74) is 1.60. The van der Waals surface area contributed by atoms with Crippen molar-refractivity contribution in [2.75, 3.05) is 0 Å². The molecule has 5 rings (SSSR count). The van der Waals surface area contributed by atoms with Crippen LogP contribution in [-0.4, -0.2) is 17.7 Å². The Morgan fingerprint density at radius 2 is 1.56 bits per heavy atom. The molecule has 4 fully saturated rings. The highest BCUT2D eigenvalue weighted by atomic mass is 16.7. The van der Waals surface area contributed by atoms with Crippen LogP contribution in [0, 0.1) is 23.2 Å². The van der Waals surface area contributed by atoms with Crippen LogP contribution in [0.3, 0.4) is 0 Å². The van der Waals surface area contributed by atoms with Crippen molar-refractivity contribution >= 4 is 17.7 Å². The van der Waals surface area contributed by atoms with Crippen LogP contribution in [0.4, 0.5) is 0 Å². The molecule has 1 atom stereocenters. The number of oxime groups is 1. The fourth-order valence-corrected chi connectivity index (χ4v) is 5.86. The van der Waals surface area contributed by atoms with E-state index in [1.165, 1.54) is 45.4 Å². The second kappa shape index (κ2) is 7.10. The Morgan fingerprint density at radius 3 is 2.07 bits per heavy atom. The maximum atomic E-state index is 12.6. The number of carbonyl (C=O) groups excluding carboxylic acids is 2. The van der Waals surface area contributed by atoms with Crippen LogP contribution >= 0.6 is 0 Å².